The summed E-state index contributed by atoms with van der Waals surface area (Å²) in [4.78, 5) is 4.52. The summed E-state index contributed by atoms with van der Waals surface area (Å²) >= 11 is 0. The highest BCUT2D eigenvalue weighted by molar-refractivity contribution is 5.72. The summed E-state index contributed by atoms with van der Waals surface area (Å²) in [7, 11) is 0. The van der Waals surface area contributed by atoms with Gasteiger partial charge < -0.3 is 10.2 Å². The maximum atomic E-state index is 10.1. The summed E-state index contributed by atoms with van der Waals surface area (Å²) in [6, 6.07) is 16.4. The Morgan fingerprint density at radius 1 is 1.04 bits per heavy atom. The number of allylic oxidation sites excluding steroid dienone is 3. The maximum absolute atomic E-state index is 10.1. The molecule has 120 valence electrons. The van der Waals surface area contributed by atoms with Crippen molar-refractivity contribution in [3.05, 3.63) is 78.8 Å². The van der Waals surface area contributed by atoms with Gasteiger partial charge in [-0.15, -0.1) is 5.10 Å². The van der Waals surface area contributed by atoms with E-state index in [4.69, 9.17) is 0 Å². The largest absolute Gasteiger partial charge is 0.515 e. The van der Waals surface area contributed by atoms with Crippen LogP contribution in [0.25, 0.3) is 22.6 Å². The molecule has 0 spiro atoms. The molecule has 24 heavy (non-hydrogen) atoms. The molecule has 0 amide bonds. The molecule has 2 aromatic carbocycles. The van der Waals surface area contributed by atoms with Crippen LogP contribution in [0.5, 0.6) is 5.75 Å². The van der Waals surface area contributed by atoms with Gasteiger partial charge >= 0.3 is 0 Å². The third-order valence-electron chi connectivity index (χ3n) is 3.50. The molecule has 0 bridgehead atoms. The van der Waals surface area contributed by atoms with Gasteiger partial charge in [0.25, 0.3) is 0 Å². The minimum absolute atomic E-state index is 0.106. The Labute approximate surface area is 139 Å². The van der Waals surface area contributed by atoms with Gasteiger partial charge in [-0.3, -0.25) is 0 Å². The number of benzene rings is 2. The standard InChI is InChI=1S/C19H17N3O2/c1-2-8-14(13-23)19-20-18(16-11-6-7-12-17(16)24)21-22(19)15-9-4-3-5-10-15/h2-13,23-24H,1H3/b8-2-,14-13-. The molecule has 3 aromatic rings. The number of nitrogens with zero attached hydrogens (tertiary/aromatic N) is 3. The van der Waals surface area contributed by atoms with Gasteiger partial charge in [0, 0.05) is 0 Å². The molecule has 0 atom stereocenters. The number of aliphatic hydroxyl groups excluding tert-OH is 1. The number of hydrogen-bond acceptors (Lipinski definition) is 4. The highest BCUT2D eigenvalue weighted by Gasteiger charge is 2.17. The predicted molar refractivity (Wildman–Crippen MR) is 93.9 cm³/mol. The minimum atomic E-state index is 0.106. The number of hydrogen-bond donors (Lipinski definition) is 2. The Balaban J connectivity index is 2.22. The molecule has 0 radical (unpaired) electrons. The molecule has 0 saturated heterocycles. The van der Waals surface area contributed by atoms with Crippen LogP contribution in [0, 0.1) is 0 Å². The molecule has 0 aliphatic heterocycles. The highest BCUT2D eigenvalue weighted by atomic mass is 16.3. The first-order valence-electron chi connectivity index (χ1n) is 7.53. The van der Waals surface area contributed by atoms with Gasteiger partial charge in [0.1, 0.15) is 5.75 Å². The van der Waals surface area contributed by atoms with Crippen LogP contribution >= 0.6 is 0 Å². The Bertz CT molecular complexity index is 896. The van der Waals surface area contributed by atoms with Crippen LogP contribution in [0.3, 0.4) is 0 Å². The molecule has 5 nitrogen and oxygen atoms in total. The molecule has 0 aliphatic rings. The number of aliphatic hydroxyl groups is 1. The summed E-state index contributed by atoms with van der Waals surface area (Å²) < 4.78 is 1.64. The van der Waals surface area contributed by atoms with E-state index in [1.54, 1.807) is 29.0 Å². The van der Waals surface area contributed by atoms with E-state index >= 15 is 0 Å². The average molecular weight is 319 g/mol. The second-order valence-electron chi connectivity index (χ2n) is 5.11. The van der Waals surface area contributed by atoms with Crippen molar-refractivity contribution in [3.63, 3.8) is 0 Å². The third kappa shape index (κ3) is 2.92. The number of aromatic hydroxyl groups is 1. The predicted octanol–water partition coefficient (Wildman–Crippen LogP) is 4.11. The Hall–Kier alpha value is -3.34. The second kappa shape index (κ2) is 6.83. The first kappa shape index (κ1) is 15.6. The normalized spacial score (nSPS) is 12.0. The fourth-order valence-electron chi connectivity index (χ4n) is 2.38. The molecular weight excluding hydrogens is 302 g/mol. The average Bonchev–Trinajstić information content (AvgIpc) is 3.05. The van der Waals surface area contributed by atoms with Gasteiger partial charge in [-0.2, -0.15) is 0 Å². The molecule has 5 heteroatoms. The van der Waals surface area contributed by atoms with Crippen LogP contribution in [0.15, 0.2) is 73.0 Å². The molecular formula is C19H17N3O2. The van der Waals surface area contributed by atoms with Crippen molar-refractivity contribution in [2.45, 2.75) is 6.92 Å². The lowest BCUT2D eigenvalue weighted by atomic mass is 10.2. The third-order valence-corrected chi connectivity index (χ3v) is 3.50. The smallest absolute Gasteiger partial charge is 0.185 e. The molecule has 0 fully saturated rings. The fourth-order valence-corrected chi connectivity index (χ4v) is 2.38. The number of phenols is 1. The summed E-state index contributed by atoms with van der Waals surface area (Å²) in [5.41, 5.74) is 1.87. The Kier molecular flexibility index (Phi) is 4.43. The van der Waals surface area contributed by atoms with E-state index in [-0.39, 0.29) is 5.75 Å². The zero-order chi connectivity index (χ0) is 16.9. The van der Waals surface area contributed by atoms with Gasteiger partial charge in [0.05, 0.1) is 23.1 Å². The van der Waals surface area contributed by atoms with E-state index in [0.717, 1.165) is 11.9 Å². The Morgan fingerprint density at radius 2 is 1.75 bits per heavy atom. The van der Waals surface area contributed by atoms with Crippen LogP contribution in [0.4, 0.5) is 0 Å². The van der Waals surface area contributed by atoms with E-state index in [1.165, 1.54) is 0 Å². The zero-order valence-corrected chi connectivity index (χ0v) is 13.2. The molecule has 0 unspecified atom stereocenters. The number of phenolic OH excluding ortho intramolecular Hbond substituents is 1. The van der Waals surface area contributed by atoms with Crippen molar-refractivity contribution in [2.75, 3.05) is 0 Å². The summed E-state index contributed by atoms with van der Waals surface area (Å²) in [5, 5.41) is 24.2. The summed E-state index contributed by atoms with van der Waals surface area (Å²) in [6.07, 6.45) is 4.56. The zero-order valence-electron chi connectivity index (χ0n) is 13.2. The van der Waals surface area contributed by atoms with Crippen LogP contribution in [0.2, 0.25) is 0 Å². The van der Waals surface area contributed by atoms with Crippen molar-refractivity contribution < 1.29 is 10.2 Å². The van der Waals surface area contributed by atoms with Crippen molar-refractivity contribution in [3.8, 4) is 22.8 Å². The van der Waals surface area contributed by atoms with Gasteiger partial charge in [-0.1, -0.05) is 42.5 Å². The number of para-hydroxylation sites is 2. The topological polar surface area (TPSA) is 71.2 Å². The highest BCUT2D eigenvalue weighted by Crippen LogP contribution is 2.28. The van der Waals surface area contributed by atoms with Gasteiger partial charge in [-0.05, 0) is 31.2 Å². The van der Waals surface area contributed by atoms with E-state index in [1.807, 2.05) is 49.4 Å². The lowest BCUT2D eigenvalue weighted by molar-refractivity contribution is 0.475. The molecule has 1 aromatic heterocycles. The molecule has 2 N–H and O–H groups in total. The van der Waals surface area contributed by atoms with Gasteiger partial charge in [-0.25, -0.2) is 9.67 Å². The van der Waals surface area contributed by atoms with Crippen LogP contribution in [-0.2, 0) is 0 Å². The maximum Gasteiger partial charge on any atom is 0.185 e. The van der Waals surface area contributed by atoms with Crippen molar-refractivity contribution in [1.29, 1.82) is 0 Å². The van der Waals surface area contributed by atoms with Crippen LogP contribution in [0.1, 0.15) is 12.7 Å². The first-order valence-corrected chi connectivity index (χ1v) is 7.53. The number of rotatable bonds is 4. The van der Waals surface area contributed by atoms with Crippen LogP contribution < -0.4 is 0 Å². The van der Waals surface area contributed by atoms with E-state index in [9.17, 15) is 10.2 Å². The first-order chi connectivity index (χ1) is 11.7. The minimum Gasteiger partial charge on any atom is -0.515 e. The molecule has 3 rings (SSSR count). The van der Waals surface area contributed by atoms with Crippen molar-refractivity contribution >= 4 is 5.57 Å². The monoisotopic (exact) mass is 319 g/mol. The molecule has 0 saturated carbocycles. The summed E-state index contributed by atoms with van der Waals surface area (Å²) in [6.45, 7) is 1.86. The van der Waals surface area contributed by atoms with Crippen molar-refractivity contribution in [2.24, 2.45) is 0 Å². The fraction of sp³-hybridized carbons (Fsp3) is 0.0526. The van der Waals surface area contributed by atoms with Crippen LogP contribution in [-0.4, -0.2) is 25.0 Å². The summed E-state index contributed by atoms with van der Waals surface area (Å²) in [5.74, 6) is 0.977. The second-order valence-corrected chi connectivity index (χ2v) is 5.11. The van der Waals surface area contributed by atoms with Gasteiger partial charge in [0.2, 0.25) is 0 Å². The van der Waals surface area contributed by atoms with Crippen molar-refractivity contribution in [1.82, 2.24) is 14.8 Å². The lowest BCUT2D eigenvalue weighted by Gasteiger charge is -2.05. The van der Waals surface area contributed by atoms with E-state index in [0.29, 0.717) is 22.8 Å². The Morgan fingerprint density at radius 3 is 2.42 bits per heavy atom. The quantitative estimate of drug-likeness (QED) is 0.560. The number of aromatic nitrogens is 3. The molecule has 0 aliphatic carbocycles. The molecule has 1 heterocycles. The lowest BCUT2D eigenvalue weighted by Crippen LogP contribution is -2.01. The van der Waals surface area contributed by atoms with Gasteiger partial charge in [0.15, 0.2) is 11.6 Å². The van der Waals surface area contributed by atoms with E-state index < -0.39 is 0 Å². The SMILES string of the molecule is C/C=C\C(=C\O)c1nc(-c2ccccc2O)nn1-c1ccccc1. The van der Waals surface area contributed by atoms with E-state index in [2.05, 4.69) is 10.1 Å².